The van der Waals surface area contributed by atoms with E-state index in [-0.39, 0.29) is 21.6 Å². The molecule has 0 bridgehead atoms. The Labute approximate surface area is 180 Å². The molecule has 0 radical (unpaired) electrons. The van der Waals surface area contributed by atoms with Crippen molar-refractivity contribution in [1.82, 2.24) is 20.4 Å². The number of hydrogen-bond acceptors (Lipinski definition) is 7. The highest BCUT2D eigenvalue weighted by Crippen LogP contribution is 2.23. The van der Waals surface area contributed by atoms with Crippen molar-refractivity contribution in [2.75, 3.05) is 10.0 Å². The summed E-state index contributed by atoms with van der Waals surface area (Å²) in [6.45, 7) is 0. The van der Waals surface area contributed by atoms with E-state index in [2.05, 4.69) is 30.4 Å². The number of hydrogen-bond donors (Lipinski definition) is 3. The minimum absolute atomic E-state index is 0.00278. The van der Waals surface area contributed by atoms with Gasteiger partial charge in [-0.3, -0.25) is 14.6 Å². The summed E-state index contributed by atoms with van der Waals surface area (Å²) in [5.41, 5.74) is 1.39. The molecule has 4 rings (SSSR count). The smallest absolute Gasteiger partial charge is 0.276 e. The van der Waals surface area contributed by atoms with Crippen molar-refractivity contribution in [1.29, 1.82) is 0 Å². The minimum Gasteiger partial charge on any atom is -0.321 e. The predicted octanol–water partition coefficient (Wildman–Crippen LogP) is 3.63. The van der Waals surface area contributed by atoms with E-state index in [1.54, 1.807) is 6.07 Å². The number of amides is 1. The van der Waals surface area contributed by atoms with Crippen LogP contribution in [0.1, 0.15) is 10.5 Å². The molecular formula is C18H13ClN6O3S2. The Bertz CT molecular complexity index is 1270. The quantitative estimate of drug-likeness (QED) is 0.402. The van der Waals surface area contributed by atoms with Crippen LogP contribution in [0.25, 0.3) is 10.6 Å². The van der Waals surface area contributed by atoms with Crippen LogP contribution in [-0.4, -0.2) is 34.7 Å². The molecule has 3 aromatic heterocycles. The van der Waals surface area contributed by atoms with Gasteiger partial charge >= 0.3 is 0 Å². The largest absolute Gasteiger partial charge is 0.321 e. The lowest BCUT2D eigenvalue weighted by atomic mass is 10.3. The summed E-state index contributed by atoms with van der Waals surface area (Å²) < 4.78 is 27.2. The van der Waals surface area contributed by atoms with E-state index in [4.69, 9.17) is 11.6 Å². The molecule has 3 N–H and O–H groups in total. The maximum atomic E-state index is 12.4. The monoisotopic (exact) mass is 460 g/mol. The third-order valence-corrected chi connectivity index (χ3v) is 6.37. The average Bonchev–Trinajstić information content (AvgIpc) is 3.42. The molecule has 3 heterocycles. The van der Waals surface area contributed by atoms with Gasteiger partial charge in [0.15, 0.2) is 16.7 Å². The Morgan fingerprint density at radius 3 is 2.53 bits per heavy atom. The van der Waals surface area contributed by atoms with Crippen molar-refractivity contribution in [3.8, 4) is 10.6 Å². The first-order valence-corrected chi connectivity index (χ1v) is 11.2. The Balaban J connectivity index is 1.44. The molecule has 0 saturated heterocycles. The second-order valence-electron chi connectivity index (χ2n) is 5.97. The third-order valence-electron chi connectivity index (χ3n) is 3.89. The van der Waals surface area contributed by atoms with Gasteiger partial charge < -0.3 is 5.32 Å². The van der Waals surface area contributed by atoms with Crippen LogP contribution in [0.4, 0.5) is 11.5 Å². The molecule has 0 aliphatic carbocycles. The SMILES string of the molecule is O=C(Nc1ccc(S(=O)(=O)Nc2ccc(Cl)nn2)cc1)c1cc(-c2cccs2)[nH]n1. The molecule has 30 heavy (non-hydrogen) atoms. The third kappa shape index (κ3) is 4.48. The number of anilines is 2. The highest BCUT2D eigenvalue weighted by atomic mass is 35.5. The second kappa shape index (κ2) is 8.22. The van der Waals surface area contributed by atoms with Crippen LogP contribution < -0.4 is 10.0 Å². The Morgan fingerprint density at radius 1 is 1.07 bits per heavy atom. The van der Waals surface area contributed by atoms with E-state index in [1.165, 1.54) is 47.7 Å². The molecule has 0 aliphatic heterocycles. The molecule has 4 aromatic rings. The second-order valence-corrected chi connectivity index (χ2v) is 8.99. The van der Waals surface area contributed by atoms with Gasteiger partial charge in [0.05, 0.1) is 15.5 Å². The van der Waals surface area contributed by atoms with Crippen LogP contribution in [0.3, 0.4) is 0 Å². The van der Waals surface area contributed by atoms with Gasteiger partial charge in [-0.1, -0.05) is 17.7 Å². The average molecular weight is 461 g/mol. The number of nitrogens with one attached hydrogen (secondary N) is 3. The highest BCUT2D eigenvalue weighted by molar-refractivity contribution is 7.92. The van der Waals surface area contributed by atoms with Crippen molar-refractivity contribution in [2.24, 2.45) is 0 Å². The molecule has 0 aliphatic rings. The molecular weight excluding hydrogens is 448 g/mol. The summed E-state index contributed by atoms with van der Waals surface area (Å²) in [4.78, 5) is 13.4. The minimum atomic E-state index is -3.87. The van der Waals surface area contributed by atoms with Crippen LogP contribution in [0.2, 0.25) is 5.15 Å². The summed E-state index contributed by atoms with van der Waals surface area (Å²) in [5.74, 6) is -0.379. The zero-order valence-corrected chi connectivity index (χ0v) is 17.4. The first-order valence-electron chi connectivity index (χ1n) is 8.43. The summed E-state index contributed by atoms with van der Waals surface area (Å²) >= 11 is 7.17. The van der Waals surface area contributed by atoms with Gasteiger partial charge in [0.2, 0.25) is 0 Å². The van der Waals surface area contributed by atoms with E-state index < -0.39 is 15.9 Å². The van der Waals surface area contributed by atoms with Crippen molar-refractivity contribution in [3.63, 3.8) is 0 Å². The molecule has 12 heteroatoms. The Hall–Kier alpha value is -3.28. The molecule has 9 nitrogen and oxygen atoms in total. The van der Waals surface area contributed by atoms with Crippen molar-refractivity contribution >= 4 is 50.4 Å². The number of aromatic amines is 1. The van der Waals surface area contributed by atoms with Gasteiger partial charge in [0.25, 0.3) is 15.9 Å². The first kappa shape index (κ1) is 20.0. The number of benzene rings is 1. The van der Waals surface area contributed by atoms with Crippen LogP contribution in [0.5, 0.6) is 0 Å². The van der Waals surface area contributed by atoms with E-state index in [9.17, 15) is 13.2 Å². The number of rotatable bonds is 6. The van der Waals surface area contributed by atoms with Crippen LogP contribution in [-0.2, 0) is 10.0 Å². The number of aromatic nitrogens is 4. The molecule has 1 amide bonds. The van der Waals surface area contributed by atoms with Gasteiger partial charge in [0.1, 0.15) is 0 Å². The molecule has 1 aromatic carbocycles. The van der Waals surface area contributed by atoms with Gasteiger partial charge in [-0.05, 0) is 53.9 Å². The molecule has 0 fully saturated rings. The van der Waals surface area contributed by atoms with Crippen molar-refractivity contribution < 1.29 is 13.2 Å². The van der Waals surface area contributed by atoms with Crippen molar-refractivity contribution in [3.05, 3.63) is 70.8 Å². The van der Waals surface area contributed by atoms with Crippen molar-refractivity contribution in [2.45, 2.75) is 4.90 Å². The van der Waals surface area contributed by atoms with Gasteiger partial charge in [-0.15, -0.1) is 21.5 Å². The van der Waals surface area contributed by atoms with Crippen LogP contribution in [0, 0.1) is 0 Å². The lowest BCUT2D eigenvalue weighted by Crippen LogP contribution is -2.15. The molecule has 152 valence electrons. The van der Waals surface area contributed by atoms with E-state index in [1.807, 2.05) is 17.5 Å². The number of carbonyl (C=O) groups is 1. The predicted molar refractivity (Wildman–Crippen MR) is 114 cm³/mol. The number of H-pyrrole nitrogens is 1. The number of thiophene rings is 1. The fraction of sp³-hybridized carbons (Fsp3) is 0. The maximum Gasteiger partial charge on any atom is 0.276 e. The fourth-order valence-electron chi connectivity index (χ4n) is 2.48. The summed E-state index contributed by atoms with van der Waals surface area (Å²) in [6.07, 6.45) is 0. The highest BCUT2D eigenvalue weighted by Gasteiger charge is 2.16. The molecule has 0 saturated carbocycles. The van der Waals surface area contributed by atoms with E-state index in [0.29, 0.717) is 5.69 Å². The topological polar surface area (TPSA) is 130 Å². The summed E-state index contributed by atoms with van der Waals surface area (Å²) in [6, 6.07) is 14.0. The van der Waals surface area contributed by atoms with Gasteiger partial charge in [-0.2, -0.15) is 5.10 Å². The standard InChI is InChI=1S/C18H13ClN6O3S2/c19-16-7-8-17(24-23-16)25-30(27,28)12-5-3-11(4-6-12)20-18(26)14-10-13(21-22-14)15-2-1-9-29-15/h1-10H,(H,20,26)(H,21,22)(H,24,25). The lowest BCUT2D eigenvalue weighted by Gasteiger charge is -2.08. The number of nitrogens with zero attached hydrogens (tertiary/aromatic N) is 3. The molecule has 0 atom stereocenters. The summed E-state index contributed by atoms with van der Waals surface area (Å²) in [5, 5.41) is 18.8. The Morgan fingerprint density at radius 2 is 1.87 bits per heavy atom. The maximum absolute atomic E-state index is 12.4. The van der Waals surface area contributed by atoms with Crippen LogP contribution in [0.15, 0.2) is 64.9 Å². The fourth-order valence-corrected chi connectivity index (χ4v) is 4.27. The summed E-state index contributed by atoms with van der Waals surface area (Å²) in [7, 11) is -3.87. The zero-order valence-electron chi connectivity index (χ0n) is 15.0. The number of carbonyl (C=O) groups excluding carboxylic acids is 1. The molecule has 0 unspecified atom stereocenters. The van der Waals surface area contributed by atoms with E-state index >= 15 is 0 Å². The number of halogens is 1. The lowest BCUT2D eigenvalue weighted by molar-refractivity contribution is 0.102. The van der Waals surface area contributed by atoms with E-state index in [0.717, 1.165) is 10.6 Å². The van der Waals surface area contributed by atoms with Crippen LogP contribution >= 0.6 is 22.9 Å². The van der Waals surface area contributed by atoms with Gasteiger partial charge in [0, 0.05) is 5.69 Å². The zero-order chi connectivity index (χ0) is 21.1. The van der Waals surface area contributed by atoms with Gasteiger partial charge in [-0.25, -0.2) is 8.42 Å². The molecule has 0 spiro atoms. The number of sulfonamides is 1. The Kier molecular flexibility index (Phi) is 5.48. The first-order chi connectivity index (χ1) is 14.4. The normalized spacial score (nSPS) is 11.2.